The van der Waals surface area contributed by atoms with Gasteiger partial charge in [0.25, 0.3) is 0 Å². The van der Waals surface area contributed by atoms with E-state index in [0.29, 0.717) is 12.1 Å². The second kappa shape index (κ2) is 5.50. The minimum atomic E-state index is -0.813. The van der Waals surface area contributed by atoms with Gasteiger partial charge in [-0.15, -0.1) is 11.3 Å². The molecule has 1 aromatic carbocycles. The van der Waals surface area contributed by atoms with Crippen molar-refractivity contribution in [2.75, 3.05) is 11.9 Å². The maximum absolute atomic E-state index is 13.8. The largest absolute Gasteiger partial charge is 0.389 e. The Morgan fingerprint density at radius 1 is 1.33 bits per heavy atom. The Balaban J connectivity index is 2.29. The monoisotopic (exact) mass is 265 g/mol. The van der Waals surface area contributed by atoms with Gasteiger partial charge in [0, 0.05) is 23.2 Å². The van der Waals surface area contributed by atoms with Crippen molar-refractivity contribution in [2.24, 2.45) is 0 Å². The minimum absolute atomic E-state index is 0.358. The molecule has 1 unspecified atom stereocenters. The molecule has 1 atom stereocenters. The van der Waals surface area contributed by atoms with Crippen LogP contribution in [0.5, 0.6) is 0 Å². The molecule has 0 aliphatic heterocycles. The van der Waals surface area contributed by atoms with Gasteiger partial charge in [-0.05, 0) is 30.5 Å². The summed E-state index contributed by atoms with van der Waals surface area (Å²) in [4.78, 5) is 3.16. The van der Waals surface area contributed by atoms with E-state index in [9.17, 15) is 9.50 Å². The number of hydrogen-bond donors (Lipinski definition) is 1. The van der Waals surface area contributed by atoms with Crippen molar-refractivity contribution in [1.29, 1.82) is 0 Å². The van der Waals surface area contributed by atoms with Crippen LogP contribution in [-0.4, -0.2) is 12.2 Å². The van der Waals surface area contributed by atoms with Gasteiger partial charge in [0.2, 0.25) is 0 Å². The Hall–Kier alpha value is -1.39. The van der Waals surface area contributed by atoms with E-state index in [0.717, 1.165) is 5.69 Å². The van der Waals surface area contributed by atoms with Crippen molar-refractivity contribution in [3.8, 4) is 0 Å². The molecule has 0 aliphatic rings. The van der Waals surface area contributed by atoms with Crippen LogP contribution in [0.25, 0.3) is 0 Å². The average Bonchev–Trinajstić information content (AvgIpc) is 2.80. The van der Waals surface area contributed by atoms with E-state index in [2.05, 4.69) is 0 Å². The van der Waals surface area contributed by atoms with Crippen LogP contribution < -0.4 is 4.90 Å². The molecule has 0 saturated carbocycles. The SMILES string of the molecule is CC(O)c1c(F)cccc1N(C)Cc1cccs1. The maximum Gasteiger partial charge on any atom is 0.131 e. The lowest BCUT2D eigenvalue weighted by atomic mass is 10.1. The van der Waals surface area contributed by atoms with Gasteiger partial charge in [-0.3, -0.25) is 0 Å². The summed E-state index contributed by atoms with van der Waals surface area (Å²) >= 11 is 1.67. The first-order valence-electron chi connectivity index (χ1n) is 5.79. The van der Waals surface area contributed by atoms with Crippen LogP contribution in [0.2, 0.25) is 0 Å². The summed E-state index contributed by atoms with van der Waals surface area (Å²) in [5, 5.41) is 11.7. The van der Waals surface area contributed by atoms with E-state index in [1.54, 1.807) is 24.3 Å². The third kappa shape index (κ3) is 2.71. The van der Waals surface area contributed by atoms with Gasteiger partial charge in [-0.2, -0.15) is 0 Å². The molecule has 0 saturated heterocycles. The molecule has 0 spiro atoms. The zero-order valence-corrected chi connectivity index (χ0v) is 11.2. The molecule has 4 heteroatoms. The Morgan fingerprint density at radius 2 is 2.11 bits per heavy atom. The van der Waals surface area contributed by atoms with Crippen molar-refractivity contribution in [3.05, 3.63) is 52.0 Å². The number of nitrogens with zero attached hydrogens (tertiary/aromatic N) is 1. The summed E-state index contributed by atoms with van der Waals surface area (Å²) in [5.74, 6) is -0.361. The average molecular weight is 265 g/mol. The van der Waals surface area contributed by atoms with Crippen molar-refractivity contribution in [1.82, 2.24) is 0 Å². The molecular weight excluding hydrogens is 249 g/mol. The predicted octanol–water partition coefficient (Wildman–Crippen LogP) is 3.58. The maximum atomic E-state index is 13.8. The summed E-state index contributed by atoms with van der Waals surface area (Å²) in [6.45, 7) is 2.29. The smallest absolute Gasteiger partial charge is 0.131 e. The van der Waals surface area contributed by atoms with E-state index < -0.39 is 6.10 Å². The molecule has 0 fully saturated rings. The topological polar surface area (TPSA) is 23.5 Å². The van der Waals surface area contributed by atoms with Crippen LogP contribution in [0.15, 0.2) is 35.7 Å². The molecule has 2 nitrogen and oxygen atoms in total. The molecule has 1 N–H and O–H groups in total. The first kappa shape index (κ1) is 13.1. The Morgan fingerprint density at radius 3 is 2.72 bits per heavy atom. The number of hydrogen-bond acceptors (Lipinski definition) is 3. The number of halogens is 1. The zero-order chi connectivity index (χ0) is 13.1. The standard InChI is InChI=1S/C14H16FNOS/c1-10(17)14-12(15)6-3-7-13(14)16(2)9-11-5-4-8-18-11/h3-8,10,17H,9H2,1-2H3. The lowest BCUT2D eigenvalue weighted by molar-refractivity contribution is 0.194. The second-order valence-corrected chi connectivity index (χ2v) is 5.32. The van der Waals surface area contributed by atoms with Gasteiger partial charge in [-0.1, -0.05) is 12.1 Å². The molecule has 0 amide bonds. The van der Waals surface area contributed by atoms with Crippen LogP contribution in [0, 0.1) is 5.82 Å². The normalized spacial score (nSPS) is 12.4. The highest BCUT2D eigenvalue weighted by Crippen LogP contribution is 2.29. The lowest BCUT2D eigenvalue weighted by Gasteiger charge is -2.23. The van der Waals surface area contributed by atoms with Crippen LogP contribution in [0.4, 0.5) is 10.1 Å². The van der Waals surface area contributed by atoms with E-state index >= 15 is 0 Å². The van der Waals surface area contributed by atoms with Crippen LogP contribution in [0.3, 0.4) is 0 Å². The summed E-state index contributed by atoms with van der Waals surface area (Å²) < 4.78 is 13.8. The molecule has 0 bridgehead atoms. The molecule has 1 aromatic heterocycles. The summed E-state index contributed by atoms with van der Waals surface area (Å²) in [6, 6.07) is 8.92. The summed E-state index contributed by atoms with van der Waals surface area (Å²) in [5.41, 5.74) is 1.09. The molecule has 0 radical (unpaired) electrons. The van der Waals surface area contributed by atoms with Gasteiger partial charge in [0.15, 0.2) is 0 Å². The molecule has 1 heterocycles. The summed E-state index contributed by atoms with van der Waals surface area (Å²) in [7, 11) is 1.90. The third-order valence-electron chi connectivity index (χ3n) is 2.83. The van der Waals surface area contributed by atoms with Gasteiger partial charge >= 0.3 is 0 Å². The van der Waals surface area contributed by atoms with Crippen LogP contribution >= 0.6 is 11.3 Å². The highest BCUT2D eigenvalue weighted by atomic mass is 32.1. The Bertz CT molecular complexity index is 511. The van der Waals surface area contributed by atoms with Crippen molar-refractivity contribution < 1.29 is 9.50 Å². The van der Waals surface area contributed by atoms with Gasteiger partial charge in [0.1, 0.15) is 5.82 Å². The first-order valence-corrected chi connectivity index (χ1v) is 6.67. The number of aliphatic hydroxyl groups is 1. The third-order valence-corrected chi connectivity index (χ3v) is 3.69. The zero-order valence-electron chi connectivity index (χ0n) is 10.4. The number of thiophene rings is 1. The van der Waals surface area contributed by atoms with Gasteiger partial charge in [-0.25, -0.2) is 4.39 Å². The highest BCUT2D eigenvalue weighted by Gasteiger charge is 2.16. The molecule has 96 valence electrons. The molecule has 2 rings (SSSR count). The molecule has 2 aromatic rings. The van der Waals surface area contributed by atoms with Crippen molar-refractivity contribution in [3.63, 3.8) is 0 Å². The molecular formula is C14H16FNOS. The fraction of sp³-hybridized carbons (Fsp3) is 0.286. The first-order chi connectivity index (χ1) is 8.59. The summed E-state index contributed by atoms with van der Waals surface area (Å²) in [6.07, 6.45) is -0.813. The second-order valence-electron chi connectivity index (χ2n) is 4.28. The fourth-order valence-corrected chi connectivity index (χ4v) is 2.75. The molecule has 18 heavy (non-hydrogen) atoms. The van der Waals surface area contributed by atoms with Gasteiger partial charge in [0.05, 0.1) is 12.6 Å². The van der Waals surface area contributed by atoms with Crippen LogP contribution in [0.1, 0.15) is 23.5 Å². The minimum Gasteiger partial charge on any atom is -0.389 e. The number of rotatable bonds is 4. The highest BCUT2D eigenvalue weighted by molar-refractivity contribution is 7.09. The van der Waals surface area contributed by atoms with Crippen molar-refractivity contribution in [2.45, 2.75) is 19.6 Å². The lowest BCUT2D eigenvalue weighted by Crippen LogP contribution is -2.18. The number of benzene rings is 1. The number of aliphatic hydroxyl groups excluding tert-OH is 1. The van der Waals surface area contributed by atoms with Crippen LogP contribution in [-0.2, 0) is 6.54 Å². The van der Waals surface area contributed by atoms with E-state index in [-0.39, 0.29) is 5.82 Å². The predicted molar refractivity (Wildman–Crippen MR) is 73.5 cm³/mol. The Labute approximate surface area is 110 Å². The van der Waals surface area contributed by atoms with Crippen molar-refractivity contribution >= 4 is 17.0 Å². The van der Waals surface area contributed by atoms with E-state index in [4.69, 9.17) is 0 Å². The number of anilines is 1. The Kier molecular flexibility index (Phi) is 3.99. The molecule has 0 aliphatic carbocycles. The van der Waals surface area contributed by atoms with Gasteiger partial charge < -0.3 is 10.0 Å². The fourth-order valence-electron chi connectivity index (χ4n) is 1.99. The van der Waals surface area contributed by atoms with E-state index in [1.165, 1.54) is 10.9 Å². The van der Waals surface area contributed by atoms with E-state index in [1.807, 2.05) is 35.5 Å². The quantitative estimate of drug-likeness (QED) is 0.913.